The predicted molar refractivity (Wildman–Crippen MR) is 52.2 cm³/mol. The van der Waals surface area contributed by atoms with Crippen molar-refractivity contribution in [3.63, 3.8) is 0 Å². The van der Waals surface area contributed by atoms with Gasteiger partial charge >= 0.3 is 0 Å². The molecule has 5 nitrogen and oxygen atoms in total. The molecule has 0 saturated carbocycles. The number of nitrogens with one attached hydrogen (secondary N) is 1. The normalized spacial score (nSPS) is 20.8. The van der Waals surface area contributed by atoms with Gasteiger partial charge in [-0.3, -0.25) is 0 Å². The van der Waals surface area contributed by atoms with Crippen LogP contribution in [0.2, 0.25) is 0 Å². The monoisotopic (exact) mass is 219 g/mol. The van der Waals surface area contributed by atoms with Gasteiger partial charge in [-0.15, -0.1) is 12.4 Å². The molecule has 1 saturated heterocycles. The Morgan fingerprint density at radius 1 is 1.57 bits per heavy atom. The second-order valence-corrected chi connectivity index (χ2v) is 3.08. The van der Waals surface area contributed by atoms with E-state index in [9.17, 15) is 0 Å². The highest BCUT2D eigenvalue weighted by Crippen LogP contribution is 2.26. The molecule has 1 fully saturated rings. The lowest BCUT2D eigenvalue weighted by atomic mass is 10.2. The van der Waals surface area contributed by atoms with Crippen LogP contribution in [-0.2, 0) is 11.3 Å². The van der Waals surface area contributed by atoms with Crippen LogP contribution in [0.15, 0.2) is 4.52 Å². The van der Waals surface area contributed by atoms with Crippen molar-refractivity contribution in [3.8, 4) is 0 Å². The Kier molecular flexibility index (Phi) is 4.31. The maximum absolute atomic E-state index is 5.41. The number of nitrogens with zero attached hydrogens (tertiary/aromatic N) is 2. The summed E-state index contributed by atoms with van der Waals surface area (Å²) in [5.41, 5.74) is 0. The molecule has 0 unspecified atom stereocenters. The molecule has 0 amide bonds. The molecule has 0 aromatic carbocycles. The van der Waals surface area contributed by atoms with Crippen molar-refractivity contribution in [2.75, 3.05) is 13.7 Å². The number of ether oxygens (including phenoxy) is 1. The third kappa shape index (κ3) is 2.43. The van der Waals surface area contributed by atoms with E-state index in [0.29, 0.717) is 18.3 Å². The minimum absolute atomic E-state index is 0. The van der Waals surface area contributed by atoms with Gasteiger partial charge in [-0.1, -0.05) is 5.16 Å². The van der Waals surface area contributed by atoms with Crippen molar-refractivity contribution in [2.24, 2.45) is 0 Å². The summed E-state index contributed by atoms with van der Waals surface area (Å²) in [6, 6.07) is 0. The molecule has 1 aliphatic rings. The molecule has 0 radical (unpaired) electrons. The number of hydrogen-bond donors (Lipinski definition) is 1. The van der Waals surface area contributed by atoms with E-state index in [-0.39, 0.29) is 18.5 Å². The lowest BCUT2D eigenvalue weighted by Crippen LogP contribution is -2.06. The molecular weight excluding hydrogens is 206 g/mol. The number of halogens is 1. The van der Waals surface area contributed by atoms with E-state index in [1.165, 1.54) is 0 Å². The fourth-order valence-corrected chi connectivity index (χ4v) is 1.40. The van der Waals surface area contributed by atoms with E-state index in [4.69, 9.17) is 9.26 Å². The van der Waals surface area contributed by atoms with Crippen LogP contribution in [0.1, 0.15) is 30.7 Å². The first kappa shape index (κ1) is 11.4. The molecule has 0 aliphatic carbocycles. The molecule has 80 valence electrons. The van der Waals surface area contributed by atoms with Crippen LogP contribution < -0.4 is 5.32 Å². The average Bonchev–Trinajstić information content (AvgIpc) is 2.70. The van der Waals surface area contributed by atoms with Crippen LogP contribution in [0.3, 0.4) is 0 Å². The maximum atomic E-state index is 5.41. The third-order valence-corrected chi connectivity index (χ3v) is 2.02. The molecule has 0 bridgehead atoms. The van der Waals surface area contributed by atoms with Gasteiger partial charge < -0.3 is 14.6 Å². The summed E-state index contributed by atoms with van der Waals surface area (Å²) in [5, 5.41) is 6.78. The highest BCUT2D eigenvalue weighted by molar-refractivity contribution is 5.85. The Balaban J connectivity index is 0.000000980. The Bertz CT molecular complexity index is 273. The van der Waals surface area contributed by atoms with Gasteiger partial charge in [0.2, 0.25) is 0 Å². The molecule has 1 aromatic heterocycles. The second-order valence-electron chi connectivity index (χ2n) is 3.08. The molecule has 2 heterocycles. The lowest BCUT2D eigenvalue weighted by Gasteiger charge is -2.00. The predicted octanol–water partition coefficient (Wildman–Crippen LogP) is 1.06. The number of aromatic nitrogens is 2. The molecule has 1 N–H and O–H groups in total. The molecular formula is C8H14ClN3O2. The minimum Gasteiger partial charge on any atom is -0.368 e. The summed E-state index contributed by atoms with van der Waals surface area (Å²) < 4.78 is 10.5. The fraction of sp³-hybridized carbons (Fsp3) is 0.750. The van der Waals surface area contributed by atoms with Crippen molar-refractivity contribution in [2.45, 2.75) is 25.5 Å². The van der Waals surface area contributed by atoms with E-state index in [1.54, 1.807) is 0 Å². The summed E-state index contributed by atoms with van der Waals surface area (Å²) in [6.45, 7) is 1.44. The quantitative estimate of drug-likeness (QED) is 0.824. The molecule has 6 heteroatoms. The van der Waals surface area contributed by atoms with Gasteiger partial charge in [0.25, 0.3) is 5.89 Å². The van der Waals surface area contributed by atoms with Gasteiger partial charge in [0.15, 0.2) is 5.82 Å². The minimum atomic E-state index is 0. The van der Waals surface area contributed by atoms with Gasteiger partial charge in [0, 0.05) is 6.61 Å². The summed E-state index contributed by atoms with van der Waals surface area (Å²) in [5.74, 6) is 1.30. The zero-order valence-corrected chi connectivity index (χ0v) is 8.84. The van der Waals surface area contributed by atoms with E-state index in [2.05, 4.69) is 15.5 Å². The largest absolute Gasteiger partial charge is 0.368 e. The third-order valence-electron chi connectivity index (χ3n) is 2.02. The maximum Gasteiger partial charge on any atom is 0.255 e. The number of rotatable bonds is 3. The van der Waals surface area contributed by atoms with E-state index < -0.39 is 0 Å². The Labute approximate surface area is 88.6 Å². The zero-order chi connectivity index (χ0) is 9.10. The second kappa shape index (κ2) is 5.29. The van der Waals surface area contributed by atoms with Crippen LogP contribution in [0.5, 0.6) is 0 Å². The molecule has 14 heavy (non-hydrogen) atoms. The first-order valence-corrected chi connectivity index (χ1v) is 4.49. The van der Waals surface area contributed by atoms with Gasteiger partial charge in [-0.25, -0.2) is 0 Å². The highest BCUT2D eigenvalue weighted by Gasteiger charge is 2.23. The van der Waals surface area contributed by atoms with Crippen molar-refractivity contribution in [3.05, 3.63) is 11.7 Å². The van der Waals surface area contributed by atoms with Gasteiger partial charge in [0.1, 0.15) is 6.10 Å². The standard InChI is InChI=1S/C8H13N3O2.ClH/c1-9-5-7-10-8(13-11-7)6-3-2-4-12-6;/h6,9H,2-5H2,1H3;1H/t6-;/m1./s1. The first-order chi connectivity index (χ1) is 6.40. The van der Waals surface area contributed by atoms with E-state index in [0.717, 1.165) is 19.4 Å². The molecule has 0 spiro atoms. The van der Waals surface area contributed by atoms with Crippen molar-refractivity contribution in [1.29, 1.82) is 0 Å². The average molecular weight is 220 g/mol. The van der Waals surface area contributed by atoms with E-state index >= 15 is 0 Å². The Hall–Kier alpha value is -0.650. The molecule has 1 aliphatic heterocycles. The Morgan fingerprint density at radius 2 is 2.43 bits per heavy atom. The van der Waals surface area contributed by atoms with E-state index in [1.807, 2.05) is 7.05 Å². The van der Waals surface area contributed by atoms with Crippen molar-refractivity contribution < 1.29 is 9.26 Å². The van der Waals surface area contributed by atoms with Crippen LogP contribution in [-0.4, -0.2) is 23.8 Å². The Morgan fingerprint density at radius 3 is 3.07 bits per heavy atom. The van der Waals surface area contributed by atoms with Crippen molar-refractivity contribution >= 4 is 12.4 Å². The van der Waals surface area contributed by atoms with Crippen LogP contribution >= 0.6 is 12.4 Å². The van der Waals surface area contributed by atoms with Crippen molar-refractivity contribution in [1.82, 2.24) is 15.5 Å². The summed E-state index contributed by atoms with van der Waals surface area (Å²) in [4.78, 5) is 4.22. The van der Waals surface area contributed by atoms with Crippen LogP contribution in [0.4, 0.5) is 0 Å². The zero-order valence-electron chi connectivity index (χ0n) is 8.02. The highest BCUT2D eigenvalue weighted by atomic mass is 35.5. The smallest absolute Gasteiger partial charge is 0.255 e. The summed E-state index contributed by atoms with van der Waals surface area (Å²) in [6.07, 6.45) is 2.09. The van der Waals surface area contributed by atoms with Crippen LogP contribution in [0.25, 0.3) is 0 Å². The fourth-order valence-electron chi connectivity index (χ4n) is 1.40. The first-order valence-electron chi connectivity index (χ1n) is 4.49. The molecule has 1 aromatic rings. The topological polar surface area (TPSA) is 60.2 Å². The molecule has 2 rings (SSSR count). The lowest BCUT2D eigenvalue weighted by molar-refractivity contribution is 0.0835. The summed E-state index contributed by atoms with van der Waals surface area (Å²) >= 11 is 0. The molecule has 1 atom stereocenters. The van der Waals surface area contributed by atoms with Crippen LogP contribution in [0, 0.1) is 0 Å². The van der Waals surface area contributed by atoms with Gasteiger partial charge in [-0.2, -0.15) is 4.98 Å². The number of hydrogen-bond acceptors (Lipinski definition) is 5. The summed E-state index contributed by atoms with van der Waals surface area (Å²) in [7, 11) is 1.85. The SMILES string of the molecule is CNCc1noc([C@H]2CCCO2)n1.Cl. The van der Waals surface area contributed by atoms with Gasteiger partial charge in [-0.05, 0) is 19.9 Å². The van der Waals surface area contributed by atoms with Gasteiger partial charge in [0.05, 0.1) is 6.54 Å².